The zero-order chi connectivity index (χ0) is 12.8. The van der Waals surface area contributed by atoms with Crippen LogP contribution >= 0.6 is 0 Å². The van der Waals surface area contributed by atoms with Crippen LogP contribution in [-0.4, -0.2) is 60.9 Å². The average molecular weight is 253 g/mol. The fourth-order valence-electron chi connectivity index (χ4n) is 2.61. The molecule has 102 valence electrons. The molecule has 2 rings (SSSR count). The molecule has 1 N–H and O–H groups in total. The van der Waals surface area contributed by atoms with Gasteiger partial charge >= 0.3 is 0 Å². The summed E-state index contributed by atoms with van der Waals surface area (Å²) in [6, 6.07) is 0. The van der Waals surface area contributed by atoms with Gasteiger partial charge in [-0.15, -0.1) is 0 Å². The molecule has 2 heterocycles. The molecule has 5 nitrogen and oxygen atoms in total. The van der Waals surface area contributed by atoms with Gasteiger partial charge in [0.1, 0.15) is 0 Å². The molecule has 0 aromatic carbocycles. The van der Waals surface area contributed by atoms with Crippen molar-refractivity contribution in [2.45, 2.75) is 32.1 Å². The lowest BCUT2D eigenvalue weighted by atomic mass is 10.4. The fraction of sp³-hybridized carbons (Fsp3) is 0.846. The number of hydrogen-bond acceptors (Lipinski definition) is 3. The molecule has 5 heteroatoms. The smallest absolute Gasteiger partial charge is 0.222 e. The van der Waals surface area contributed by atoms with Crippen molar-refractivity contribution >= 4 is 11.8 Å². The van der Waals surface area contributed by atoms with Crippen LogP contribution in [0.2, 0.25) is 0 Å². The molecule has 2 aliphatic rings. The molecule has 0 atom stereocenters. The topological polar surface area (TPSA) is 52.7 Å². The minimum absolute atomic E-state index is 0.291. The highest BCUT2D eigenvalue weighted by Gasteiger charge is 2.20. The van der Waals surface area contributed by atoms with E-state index in [9.17, 15) is 9.59 Å². The molecule has 0 radical (unpaired) electrons. The van der Waals surface area contributed by atoms with Crippen LogP contribution in [0.1, 0.15) is 32.1 Å². The van der Waals surface area contributed by atoms with Crippen molar-refractivity contribution in [1.82, 2.24) is 15.1 Å². The summed E-state index contributed by atoms with van der Waals surface area (Å²) in [5.41, 5.74) is 0. The molecule has 18 heavy (non-hydrogen) atoms. The number of nitrogens with one attached hydrogen (secondary N) is 1. The van der Waals surface area contributed by atoms with Crippen molar-refractivity contribution in [2.24, 2.45) is 0 Å². The summed E-state index contributed by atoms with van der Waals surface area (Å²) >= 11 is 0. The minimum Gasteiger partial charge on any atom is -0.343 e. The van der Waals surface area contributed by atoms with E-state index < -0.39 is 0 Å². The molecule has 0 spiro atoms. The van der Waals surface area contributed by atoms with E-state index in [4.69, 9.17) is 0 Å². The second-order valence-electron chi connectivity index (χ2n) is 5.07. The number of carbonyl (C=O) groups excluding carboxylic acids is 2. The van der Waals surface area contributed by atoms with E-state index in [2.05, 4.69) is 5.32 Å². The first-order chi connectivity index (χ1) is 8.77. The monoisotopic (exact) mass is 253 g/mol. The fourth-order valence-corrected chi connectivity index (χ4v) is 2.61. The number of likely N-dealkylation sites (tertiary alicyclic amines) is 2. The zero-order valence-electron chi connectivity index (χ0n) is 11.0. The molecule has 0 saturated carbocycles. The number of amides is 2. The number of carbonyl (C=O) groups is 2. The Morgan fingerprint density at radius 3 is 2.06 bits per heavy atom. The lowest BCUT2D eigenvalue weighted by Crippen LogP contribution is -2.34. The predicted molar refractivity (Wildman–Crippen MR) is 69.1 cm³/mol. The van der Waals surface area contributed by atoms with Gasteiger partial charge < -0.3 is 15.1 Å². The maximum absolute atomic E-state index is 11.4. The van der Waals surface area contributed by atoms with Crippen LogP contribution < -0.4 is 5.32 Å². The zero-order valence-corrected chi connectivity index (χ0v) is 11.0. The van der Waals surface area contributed by atoms with E-state index in [-0.39, 0.29) is 0 Å². The van der Waals surface area contributed by atoms with E-state index in [0.717, 1.165) is 71.4 Å². The SMILES string of the molecule is O=C1CCCN1CCCNCCN1CCCC1=O. The summed E-state index contributed by atoms with van der Waals surface area (Å²) in [5.74, 6) is 0.595. The van der Waals surface area contributed by atoms with Crippen molar-refractivity contribution in [3.05, 3.63) is 0 Å². The third kappa shape index (κ3) is 3.70. The molecular weight excluding hydrogens is 230 g/mol. The first-order valence-corrected chi connectivity index (χ1v) is 7.03. The summed E-state index contributed by atoms with van der Waals surface area (Å²) in [6.45, 7) is 5.32. The Kier molecular flexibility index (Phi) is 4.99. The van der Waals surface area contributed by atoms with Crippen LogP contribution in [0.15, 0.2) is 0 Å². The molecule has 0 aromatic heterocycles. The first-order valence-electron chi connectivity index (χ1n) is 7.03. The predicted octanol–water partition coefficient (Wildman–Crippen LogP) is 0.211. The Bertz CT molecular complexity index is 277. The van der Waals surface area contributed by atoms with Crippen LogP contribution in [0.3, 0.4) is 0 Å². The molecule has 0 aromatic rings. The number of nitrogens with zero attached hydrogens (tertiary/aromatic N) is 2. The van der Waals surface area contributed by atoms with E-state index in [0.29, 0.717) is 11.8 Å². The van der Waals surface area contributed by atoms with Gasteiger partial charge in [0.15, 0.2) is 0 Å². The van der Waals surface area contributed by atoms with E-state index in [1.54, 1.807) is 0 Å². The van der Waals surface area contributed by atoms with Crippen molar-refractivity contribution in [3.8, 4) is 0 Å². The number of hydrogen-bond donors (Lipinski definition) is 1. The summed E-state index contributed by atoms with van der Waals surface area (Å²) in [6.07, 6.45) is 4.47. The second kappa shape index (κ2) is 6.73. The maximum atomic E-state index is 11.4. The van der Waals surface area contributed by atoms with Crippen LogP contribution in [0.4, 0.5) is 0 Å². The summed E-state index contributed by atoms with van der Waals surface area (Å²) in [5, 5.41) is 3.34. The van der Waals surface area contributed by atoms with Gasteiger partial charge in [-0.3, -0.25) is 9.59 Å². The highest BCUT2D eigenvalue weighted by atomic mass is 16.2. The van der Waals surface area contributed by atoms with Crippen molar-refractivity contribution in [2.75, 3.05) is 39.3 Å². The highest BCUT2D eigenvalue weighted by Crippen LogP contribution is 2.09. The van der Waals surface area contributed by atoms with Gasteiger partial charge in [0.05, 0.1) is 0 Å². The molecule has 2 saturated heterocycles. The largest absolute Gasteiger partial charge is 0.343 e. The summed E-state index contributed by atoms with van der Waals surface area (Å²) in [7, 11) is 0. The third-order valence-electron chi connectivity index (χ3n) is 3.68. The standard InChI is InChI=1S/C13H23N3O2/c17-12-4-1-8-15(12)10-3-6-14-7-11-16-9-2-5-13(16)18/h14H,1-11H2. The maximum Gasteiger partial charge on any atom is 0.222 e. The normalized spacial score (nSPS) is 20.2. The Morgan fingerprint density at radius 2 is 1.50 bits per heavy atom. The third-order valence-corrected chi connectivity index (χ3v) is 3.68. The molecule has 0 unspecified atom stereocenters. The van der Waals surface area contributed by atoms with Crippen LogP contribution in [0.25, 0.3) is 0 Å². The van der Waals surface area contributed by atoms with Crippen LogP contribution in [0.5, 0.6) is 0 Å². The van der Waals surface area contributed by atoms with Gasteiger partial charge in [0, 0.05) is 45.6 Å². The Balaban J connectivity index is 1.46. The molecule has 0 bridgehead atoms. The van der Waals surface area contributed by atoms with Crippen LogP contribution in [-0.2, 0) is 9.59 Å². The quantitative estimate of drug-likeness (QED) is 0.660. The van der Waals surface area contributed by atoms with Crippen LogP contribution in [0, 0.1) is 0 Å². The second-order valence-corrected chi connectivity index (χ2v) is 5.07. The number of rotatable bonds is 7. The van der Waals surface area contributed by atoms with E-state index in [1.807, 2.05) is 9.80 Å². The lowest BCUT2D eigenvalue weighted by Gasteiger charge is -2.17. The Hall–Kier alpha value is -1.10. The van der Waals surface area contributed by atoms with E-state index in [1.165, 1.54) is 0 Å². The van der Waals surface area contributed by atoms with Gasteiger partial charge in [-0.1, -0.05) is 0 Å². The first kappa shape index (κ1) is 13.3. The average Bonchev–Trinajstić information content (AvgIpc) is 2.94. The molecule has 0 aliphatic carbocycles. The Morgan fingerprint density at radius 1 is 0.889 bits per heavy atom. The lowest BCUT2D eigenvalue weighted by molar-refractivity contribution is -0.128. The van der Waals surface area contributed by atoms with Crippen molar-refractivity contribution < 1.29 is 9.59 Å². The van der Waals surface area contributed by atoms with Gasteiger partial charge in [0.2, 0.25) is 11.8 Å². The van der Waals surface area contributed by atoms with E-state index >= 15 is 0 Å². The summed E-state index contributed by atoms with van der Waals surface area (Å²) in [4.78, 5) is 26.6. The molecule has 2 amide bonds. The molecule has 2 aliphatic heterocycles. The molecular formula is C13H23N3O2. The minimum atomic E-state index is 0.291. The summed E-state index contributed by atoms with van der Waals surface area (Å²) < 4.78 is 0. The van der Waals surface area contributed by atoms with Gasteiger partial charge in [-0.2, -0.15) is 0 Å². The van der Waals surface area contributed by atoms with Gasteiger partial charge in [-0.25, -0.2) is 0 Å². The van der Waals surface area contributed by atoms with Crippen molar-refractivity contribution in [1.29, 1.82) is 0 Å². The van der Waals surface area contributed by atoms with Crippen molar-refractivity contribution in [3.63, 3.8) is 0 Å². The highest BCUT2D eigenvalue weighted by molar-refractivity contribution is 5.78. The Labute approximate surface area is 108 Å². The molecule has 2 fully saturated rings. The van der Waals surface area contributed by atoms with Gasteiger partial charge in [-0.05, 0) is 25.8 Å². The van der Waals surface area contributed by atoms with Gasteiger partial charge in [0.25, 0.3) is 0 Å².